The van der Waals surface area contributed by atoms with E-state index in [2.05, 4.69) is 43.4 Å². The Labute approximate surface area is 166 Å². The van der Waals surface area contributed by atoms with Crippen molar-refractivity contribution in [2.24, 2.45) is 11.8 Å². The first-order valence-electron chi connectivity index (χ1n) is 10.5. The highest BCUT2D eigenvalue weighted by Gasteiger charge is 2.28. The van der Waals surface area contributed by atoms with Crippen molar-refractivity contribution in [3.05, 3.63) is 35.5 Å². The molecule has 1 aromatic heterocycles. The Kier molecular flexibility index (Phi) is 5.72. The summed E-state index contributed by atoms with van der Waals surface area (Å²) in [5.41, 5.74) is 3.70. The van der Waals surface area contributed by atoms with Crippen molar-refractivity contribution in [2.45, 2.75) is 69.7 Å². The zero-order valence-electron chi connectivity index (χ0n) is 16.5. The van der Waals surface area contributed by atoms with Gasteiger partial charge in [0.1, 0.15) is 0 Å². The third-order valence-electron chi connectivity index (χ3n) is 6.52. The number of carbonyl (C=O) groups excluding carboxylic acids is 1. The summed E-state index contributed by atoms with van der Waals surface area (Å²) in [7, 11) is 0. The largest absolute Gasteiger partial charge is 0.352 e. The molecule has 4 rings (SSSR count). The van der Waals surface area contributed by atoms with Crippen LogP contribution in [0, 0.1) is 11.8 Å². The van der Waals surface area contributed by atoms with E-state index in [4.69, 9.17) is 4.98 Å². The van der Waals surface area contributed by atoms with Crippen molar-refractivity contribution in [3.8, 4) is 0 Å². The Morgan fingerprint density at radius 3 is 2.85 bits per heavy atom. The Bertz CT molecular complexity index is 834. The lowest BCUT2D eigenvalue weighted by atomic mass is 9.78. The molecule has 144 valence electrons. The average Bonchev–Trinajstić information content (AvgIpc) is 2.68. The first-order chi connectivity index (χ1) is 13.1. The summed E-state index contributed by atoms with van der Waals surface area (Å²) in [5.74, 6) is 1.95. The first-order valence-corrected chi connectivity index (χ1v) is 11.4. The predicted octanol–water partition coefficient (Wildman–Crippen LogP) is 5.15. The molecule has 0 unspecified atom stereocenters. The number of carbonyl (C=O) groups is 1. The molecule has 27 heavy (non-hydrogen) atoms. The van der Waals surface area contributed by atoms with Crippen LogP contribution in [-0.4, -0.2) is 22.7 Å². The minimum absolute atomic E-state index is 0.177. The summed E-state index contributed by atoms with van der Waals surface area (Å²) in [6, 6.07) is 8.72. The number of aromatic nitrogens is 1. The smallest absolute Gasteiger partial charge is 0.230 e. The standard InChI is InChI=1S/C23H30N2OS/c1-15-8-7-13-19(16(15)2)25-22(26)14-27-23-17-9-3-5-11-20(17)24-21-12-6-4-10-18(21)23/h3,5,9,11,15-16,19H,4,6-8,10,12-14H2,1-2H3,(H,25,26)/t15-,16+,19-/m1/s1. The van der Waals surface area contributed by atoms with Crippen LogP contribution in [0.5, 0.6) is 0 Å². The fraction of sp³-hybridized carbons (Fsp3) is 0.565. The van der Waals surface area contributed by atoms with E-state index in [1.165, 1.54) is 47.2 Å². The van der Waals surface area contributed by atoms with Gasteiger partial charge in [-0.25, -0.2) is 0 Å². The molecule has 0 spiro atoms. The van der Waals surface area contributed by atoms with Crippen LogP contribution >= 0.6 is 11.8 Å². The molecule has 0 aliphatic heterocycles. The summed E-state index contributed by atoms with van der Waals surface area (Å²) < 4.78 is 0. The minimum atomic E-state index is 0.177. The number of rotatable bonds is 4. The fourth-order valence-corrected chi connectivity index (χ4v) is 5.75. The third kappa shape index (κ3) is 4.01. The van der Waals surface area contributed by atoms with E-state index in [0.717, 1.165) is 24.8 Å². The normalized spacial score (nSPS) is 25.2. The highest BCUT2D eigenvalue weighted by atomic mass is 32.2. The summed E-state index contributed by atoms with van der Waals surface area (Å²) in [6.45, 7) is 4.60. The molecule has 1 saturated carbocycles. The molecule has 2 aliphatic rings. The van der Waals surface area contributed by atoms with Crippen LogP contribution in [0.25, 0.3) is 10.9 Å². The molecular formula is C23H30N2OS. The number of thioether (sulfide) groups is 1. The van der Waals surface area contributed by atoms with Gasteiger partial charge in [-0.05, 0) is 55.6 Å². The number of nitrogens with zero attached hydrogens (tertiary/aromatic N) is 1. The molecule has 3 atom stereocenters. The topological polar surface area (TPSA) is 42.0 Å². The number of para-hydroxylation sites is 1. The van der Waals surface area contributed by atoms with E-state index in [1.807, 2.05) is 0 Å². The van der Waals surface area contributed by atoms with Gasteiger partial charge in [-0.1, -0.05) is 44.9 Å². The lowest BCUT2D eigenvalue weighted by Gasteiger charge is -2.34. The predicted molar refractivity (Wildman–Crippen MR) is 113 cm³/mol. The zero-order valence-corrected chi connectivity index (χ0v) is 17.3. The van der Waals surface area contributed by atoms with Crippen molar-refractivity contribution >= 4 is 28.6 Å². The first kappa shape index (κ1) is 18.8. The third-order valence-corrected chi connectivity index (χ3v) is 7.68. The molecule has 0 saturated heterocycles. The molecule has 3 nitrogen and oxygen atoms in total. The van der Waals surface area contributed by atoms with E-state index < -0.39 is 0 Å². The second-order valence-electron chi connectivity index (χ2n) is 8.32. The monoisotopic (exact) mass is 382 g/mol. The second-order valence-corrected chi connectivity index (χ2v) is 9.31. The van der Waals surface area contributed by atoms with Crippen LogP contribution < -0.4 is 5.32 Å². The molecule has 1 N–H and O–H groups in total. The lowest BCUT2D eigenvalue weighted by molar-refractivity contribution is -0.119. The van der Waals surface area contributed by atoms with E-state index in [0.29, 0.717) is 23.6 Å². The van der Waals surface area contributed by atoms with Gasteiger partial charge in [-0.2, -0.15) is 0 Å². The van der Waals surface area contributed by atoms with Crippen molar-refractivity contribution in [3.63, 3.8) is 0 Å². The van der Waals surface area contributed by atoms with Crippen molar-refractivity contribution < 1.29 is 4.79 Å². The number of benzene rings is 1. The molecule has 0 radical (unpaired) electrons. The number of hydrogen-bond donors (Lipinski definition) is 1. The van der Waals surface area contributed by atoms with Crippen LogP contribution in [-0.2, 0) is 17.6 Å². The number of nitrogens with one attached hydrogen (secondary N) is 1. The average molecular weight is 383 g/mol. The van der Waals surface area contributed by atoms with Crippen LogP contribution in [0.1, 0.15) is 57.2 Å². The van der Waals surface area contributed by atoms with Gasteiger partial charge in [0, 0.05) is 22.0 Å². The molecule has 1 heterocycles. The fourth-order valence-electron chi connectivity index (χ4n) is 4.67. The SMILES string of the molecule is C[C@H]1[C@H](C)CCC[C@H]1NC(=O)CSc1c2c(nc3ccccc13)CCCC2. The lowest BCUT2D eigenvalue weighted by Crippen LogP contribution is -2.44. The van der Waals surface area contributed by atoms with E-state index in [9.17, 15) is 4.79 Å². The van der Waals surface area contributed by atoms with Gasteiger partial charge in [0.15, 0.2) is 0 Å². The number of aryl methyl sites for hydroxylation is 1. The van der Waals surface area contributed by atoms with Crippen LogP contribution in [0.3, 0.4) is 0 Å². The number of fused-ring (bicyclic) bond motifs is 2. The van der Waals surface area contributed by atoms with Crippen LogP contribution in [0.15, 0.2) is 29.2 Å². The molecule has 1 amide bonds. The number of amides is 1. The maximum Gasteiger partial charge on any atom is 0.230 e. The van der Waals surface area contributed by atoms with E-state index in [1.54, 1.807) is 11.8 Å². The summed E-state index contributed by atoms with van der Waals surface area (Å²) >= 11 is 1.71. The highest BCUT2D eigenvalue weighted by Crippen LogP contribution is 2.36. The summed E-state index contributed by atoms with van der Waals surface area (Å²) in [6.07, 6.45) is 8.25. The molecule has 2 aliphatic carbocycles. The number of hydrogen-bond acceptors (Lipinski definition) is 3. The Morgan fingerprint density at radius 2 is 1.96 bits per heavy atom. The van der Waals surface area contributed by atoms with E-state index in [-0.39, 0.29) is 5.91 Å². The van der Waals surface area contributed by atoms with Gasteiger partial charge < -0.3 is 5.32 Å². The van der Waals surface area contributed by atoms with Crippen molar-refractivity contribution in [1.29, 1.82) is 0 Å². The van der Waals surface area contributed by atoms with Crippen molar-refractivity contribution in [1.82, 2.24) is 10.3 Å². The Morgan fingerprint density at radius 1 is 1.15 bits per heavy atom. The maximum absolute atomic E-state index is 12.7. The number of pyridine rings is 1. The van der Waals surface area contributed by atoms with E-state index >= 15 is 0 Å². The van der Waals surface area contributed by atoms with Gasteiger partial charge in [-0.3, -0.25) is 9.78 Å². The van der Waals surface area contributed by atoms with Crippen LogP contribution in [0.4, 0.5) is 0 Å². The quantitative estimate of drug-likeness (QED) is 0.744. The van der Waals surface area contributed by atoms with Gasteiger partial charge in [0.25, 0.3) is 0 Å². The zero-order chi connectivity index (χ0) is 18.8. The van der Waals surface area contributed by atoms with Gasteiger partial charge >= 0.3 is 0 Å². The second kappa shape index (κ2) is 8.22. The molecule has 2 aromatic rings. The Hall–Kier alpha value is -1.55. The molecule has 1 aromatic carbocycles. The van der Waals surface area contributed by atoms with Gasteiger partial charge in [0.2, 0.25) is 5.91 Å². The molecule has 1 fully saturated rings. The van der Waals surface area contributed by atoms with Gasteiger partial charge in [0.05, 0.1) is 11.3 Å². The highest BCUT2D eigenvalue weighted by molar-refractivity contribution is 8.00. The molecular weight excluding hydrogens is 352 g/mol. The Balaban J connectivity index is 1.51. The molecule has 4 heteroatoms. The van der Waals surface area contributed by atoms with Gasteiger partial charge in [-0.15, -0.1) is 11.8 Å². The van der Waals surface area contributed by atoms with Crippen molar-refractivity contribution in [2.75, 3.05) is 5.75 Å². The summed E-state index contributed by atoms with van der Waals surface area (Å²) in [5, 5.41) is 4.53. The summed E-state index contributed by atoms with van der Waals surface area (Å²) in [4.78, 5) is 18.9. The maximum atomic E-state index is 12.7. The van der Waals surface area contributed by atoms with Crippen LogP contribution in [0.2, 0.25) is 0 Å². The molecule has 0 bridgehead atoms. The minimum Gasteiger partial charge on any atom is -0.352 e.